The van der Waals surface area contributed by atoms with Gasteiger partial charge >= 0.3 is 6.03 Å². The van der Waals surface area contributed by atoms with Crippen molar-refractivity contribution in [2.75, 3.05) is 31.6 Å². The minimum atomic E-state index is -0.170. The van der Waals surface area contributed by atoms with Crippen LogP contribution in [0.3, 0.4) is 0 Å². The van der Waals surface area contributed by atoms with Crippen molar-refractivity contribution in [3.63, 3.8) is 0 Å². The van der Waals surface area contributed by atoms with Crippen molar-refractivity contribution in [2.24, 2.45) is 0 Å². The van der Waals surface area contributed by atoms with Crippen LogP contribution in [0.2, 0.25) is 0 Å². The van der Waals surface area contributed by atoms with Crippen molar-refractivity contribution in [2.45, 2.75) is 58.4 Å². The highest BCUT2D eigenvalue weighted by Gasteiger charge is 2.39. The molecule has 2 heterocycles. The molecule has 2 amide bonds. The molecule has 0 radical (unpaired) electrons. The average Bonchev–Trinajstić information content (AvgIpc) is 3.03. The highest BCUT2D eigenvalue weighted by Crippen LogP contribution is 2.45. The maximum Gasteiger partial charge on any atom is 0.336 e. The van der Waals surface area contributed by atoms with E-state index < -0.39 is 0 Å². The zero-order valence-electron chi connectivity index (χ0n) is 17.8. The Balaban J connectivity index is 1.82. The summed E-state index contributed by atoms with van der Waals surface area (Å²) in [6.45, 7) is 9.65. The molecular weight excluding hydrogens is 364 g/mol. The van der Waals surface area contributed by atoms with E-state index in [1.54, 1.807) is 9.58 Å². The number of hydrogen-bond donors (Lipinski definition) is 1. The van der Waals surface area contributed by atoms with E-state index in [1.165, 1.54) is 23.8 Å². The summed E-state index contributed by atoms with van der Waals surface area (Å²) in [5.74, 6) is 0.500. The van der Waals surface area contributed by atoms with Gasteiger partial charge in [0, 0.05) is 30.4 Å². The molecule has 156 valence electrons. The molecule has 0 saturated carbocycles. The summed E-state index contributed by atoms with van der Waals surface area (Å²) in [5, 5.41) is 1.18. The molecule has 1 aliphatic heterocycles. The van der Waals surface area contributed by atoms with Crippen molar-refractivity contribution in [1.29, 1.82) is 0 Å². The van der Waals surface area contributed by atoms with Crippen molar-refractivity contribution >= 4 is 23.2 Å². The molecule has 1 aromatic heterocycles. The number of nitrogens with one attached hydrogen (secondary N) is 1. The third-order valence-electron chi connectivity index (χ3n) is 6.75. The summed E-state index contributed by atoms with van der Waals surface area (Å²) >= 11 is 0. The molecule has 0 spiro atoms. The molecule has 2 aromatic rings. The summed E-state index contributed by atoms with van der Waals surface area (Å²) in [6, 6.07) is 6.58. The van der Waals surface area contributed by atoms with Crippen LogP contribution < -0.4 is 5.43 Å². The lowest BCUT2D eigenvalue weighted by Gasteiger charge is -2.44. The number of aldehydes is 1. The lowest BCUT2D eigenvalue weighted by atomic mass is 9.74. The first-order chi connectivity index (χ1) is 14.1. The van der Waals surface area contributed by atoms with Crippen LogP contribution in [0.4, 0.5) is 4.79 Å². The number of aromatic nitrogens is 1. The quantitative estimate of drug-likeness (QED) is 0.752. The number of benzene rings is 1. The van der Waals surface area contributed by atoms with Crippen LogP contribution >= 0.6 is 0 Å². The lowest BCUT2D eigenvalue weighted by Crippen LogP contribution is -2.47. The third kappa shape index (κ3) is 3.23. The molecule has 1 saturated heterocycles. The Bertz CT molecular complexity index is 913. The van der Waals surface area contributed by atoms with Crippen LogP contribution in [0.25, 0.3) is 10.9 Å². The first kappa shape index (κ1) is 20.0. The Kier molecular flexibility index (Phi) is 5.63. The Morgan fingerprint density at radius 1 is 1.28 bits per heavy atom. The molecular formula is C23H32N4O2. The number of fused-ring (bicyclic) bond motifs is 2. The third-order valence-corrected chi connectivity index (χ3v) is 6.75. The largest absolute Gasteiger partial charge is 0.336 e. The molecule has 4 rings (SSSR count). The van der Waals surface area contributed by atoms with Gasteiger partial charge in [0.1, 0.15) is 5.69 Å². The standard InChI is InChI=1S/C23H32N4O2/c1-4-12-26-13-8-10-16-17-9-7-11-19-22(17)18(14-20(16)26)21(15-28)27(19)24-23(29)25(5-2)6-3/h7,9,11,15-16,20H,4-6,8,10,12-14H2,1-3H3,(H,24,29)/t16-,20-/m1/s1. The van der Waals surface area contributed by atoms with Crippen LogP contribution in [-0.2, 0) is 6.42 Å². The smallest absolute Gasteiger partial charge is 0.324 e. The lowest BCUT2D eigenvalue weighted by molar-refractivity contribution is 0.111. The fourth-order valence-electron chi connectivity index (χ4n) is 5.44. The van der Waals surface area contributed by atoms with Gasteiger partial charge in [-0.1, -0.05) is 19.1 Å². The molecule has 0 unspecified atom stereocenters. The van der Waals surface area contributed by atoms with E-state index in [0.29, 0.717) is 30.7 Å². The molecule has 0 bridgehead atoms. The van der Waals surface area contributed by atoms with E-state index in [2.05, 4.69) is 29.4 Å². The number of hydrogen-bond acceptors (Lipinski definition) is 3. The molecule has 6 nitrogen and oxygen atoms in total. The second-order valence-corrected chi connectivity index (χ2v) is 8.20. The number of amides is 2. The van der Waals surface area contributed by atoms with Crippen LogP contribution in [-0.4, -0.2) is 59.0 Å². The van der Waals surface area contributed by atoms with Gasteiger partial charge in [0.05, 0.1) is 5.52 Å². The number of carbonyl (C=O) groups excluding carboxylic acids is 2. The summed E-state index contributed by atoms with van der Waals surface area (Å²) in [6.07, 6.45) is 5.33. The normalized spacial score (nSPS) is 21.1. The zero-order valence-corrected chi connectivity index (χ0v) is 17.8. The van der Waals surface area contributed by atoms with Gasteiger partial charge in [-0.2, -0.15) is 0 Å². The Morgan fingerprint density at radius 2 is 2.07 bits per heavy atom. The molecule has 2 atom stereocenters. The maximum absolute atomic E-state index is 12.7. The fraction of sp³-hybridized carbons (Fsp3) is 0.565. The number of urea groups is 1. The Labute approximate surface area is 172 Å². The number of piperidine rings is 1. The predicted molar refractivity (Wildman–Crippen MR) is 116 cm³/mol. The molecule has 6 heteroatoms. The summed E-state index contributed by atoms with van der Waals surface area (Å²) in [4.78, 5) is 29.2. The fourth-order valence-corrected chi connectivity index (χ4v) is 5.44. The first-order valence-corrected chi connectivity index (χ1v) is 11.1. The van der Waals surface area contributed by atoms with Crippen LogP contribution in [0, 0.1) is 0 Å². The number of rotatable bonds is 6. The highest BCUT2D eigenvalue weighted by atomic mass is 16.2. The first-order valence-electron chi connectivity index (χ1n) is 11.1. The van der Waals surface area contributed by atoms with Gasteiger partial charge in [-0.25, -0.2) is 14.9 Å². The SMILES string of the molecule is CCCN1CCC[C@@H]2c3cccc4c3c(c(C=O)n4NC(=O)N(CC)CC)C[C@H]21. The van der Waals surface area contributed by atoms with Gasteiger partial charge in [-0.05, 0) is 69.8 Å². The minimum Gasteiger partial charge on any atom is -0.324 e. The van der Waals surface area contributed by atoms with Crippen molar-refractivity contribution in [3.05, 3.63) is 35.0 Å². The van der Waals surface area contributed by atoms with E-state index in [9.17, 15) is 9.59 Å². The summed E-state index contributed by atoms with van der Waals surface area (Å²) < 4.78 is 1.73. The van der Waals surface area contributed by atoms with Crippen LogP contribution in [0.5, 0.6) is 0 Å². The second kappa shape index (κ2) is 8.19. The molecule has 2 aliphatic rings. The Morgan fingerprint density at radius 3 is 2.76 bits per heavy atom. The topological polar surface area (TPSA) is 57.6 Å². The van der Waals surface area contributed by atoms with Gasteiger partial charge in [0.15, 0.2) is 6.29 Å². The molecule has 1 aromatic carbocycles. The number of likely N-dealkylation sites (tertiary alicyclic amines) is 1. The molecule has 29 heavy (non-hydrogen) atoms. The average molecular weight is 397 g/mol. The maximum atomic E-state index is 12.7. The van der Waals surface area contributed by atoms with Crippen molar-refractivity contribution in [1.82, 2.24) is 14.5 Å². The van der Waals surface area contributed by atoms with Crippen molar-refractivity contribution in [3.8, 4) is 0 Å². The molecule has 1 fully saturated rings. The van der Waals surface area contributed by atoms with Crippen LogP contribution in [0.1, 0.15) is 67.6 Å². The second-order valence-electron chi connectivity index (χ2n) is 8.20. The van der Waals surface area contributed by atoms with E-state index in [0.717, 1.165) is 43.3 Å². The van der Waals surface area contributed by atoms with Crippen LogP contribution in [0.15, 0.2) is 18.2 Å². The predicted octanol–water partition coefficient (Wildman–Crippen LogP) is 3.97. The van der Waals surface area contributed by atoms with Crippen molar-refractivity contribution < 1.29 is 9.59 Å². The van der Waals surface area contributed by atoms with Gasteiger partial charge < -0.3 is 4.90 Å². The van der Waals surface area contributed by atoms with Gasteiger partial charge in [0.25, 0.3) is 0 Å². The minimum absolute atomic E-state index is 0.170. The summed E-state index contributed by atoms with van der Waals surface area (Å²) in [5.41, 5.74) is 6.95. The van der Waals surface area contributed by atoms with E-state index in [1.807, 2.05) is 19.9 Å². The zero-order chi connectivity index (χ0) is 20.5. The number of nitrogens with zero attached hydrogens (tertiary/aromatic N) is 3. The molecule has 1 N–H and O–H groups in total. The van der Waals surface area contributed by atoms with E-state index >= 15 is 0 Å². The van der Waals surface area contributed by atoms with Gasteiger partial charge in [-0.15, -0.1) is 0 Å². The monoisotopic (exact) mass is 396 g/mol. The number of carbonyl (C=O) groups is 2. The van der Waals surface area contributed by atoms with E-state index in [-0.39, 0.29) is 6.03 Å². The van der Waals surface area contributed by atoms with E-state index in [4.69, 9.17) is 0 Å². The van der Waals surface area contributed by atoms with Gasteiger partial charge in [-0.3, -0.25) is 9.69 Å². The summed E-state index contributed by atoms with van der Waals surface area (Å²) in [7, 11) is 0. The van der Waals surface area contributed by atoms with Gasteiger partial charge in [0.2, 0.25) is 0 Å². The highest BCUT2D eigenvalue weighted by molar-refractivity contribution is 5.98. The Hall–Kier alpha value is -2.34. The molecule has 1 aliphatic carbocycles.